The Bertz CT molecular complexity index is 557. The number of hydrogen-bond acceptors (Lipinski definition) is 5. The minimum absolute atomic E-state index is 0. The van der Waals surface area contributed by atoms with E-state index in [0.717, 1.165) is 63.4 Å². The van der Waals surface area contributed by atoms with Crippen LogP contribution in [0.3, 0.4) is 0 Å². The van der Waals surface area contributed by atoms with Crippen molar-refractivity contribution in [2.45, 2.75) is 26.3 Å². The van der Waals surface area contributed by atoms with E-state index in [1.165, 1.54) is 0 Å². The van der Waals surface area contributed by atoms with E-state index in [1.807, 2.05) is 18.5 Å². The van der Waals surface area contributed by atoms with Crippen LogP contribution >= 0.6 is 24.0 Å². The van der Waals surface area contributed by atoms with Gasteiger partial charge in [0.1, 0.15) is 12.4 Å². The van der Waals surface area contributed by atoms with Gasteiger partial charge in [0.15, 0.2) is 11.8 Å². The zero-order chi connectivity index (χ0) is 17.9. The zero-order valence-corrected chi connectivity index (χ0v) is 18.1. The van der Waals surface area contributed by atoms with Crippen molar-refractivity contribution in [3.63, 3.8) is 0 Å². The maximum atomic E-state index is 5.71. The Morgan fingerprint density at radius 2 is 2.31 bits per heavy atom. The van der Waals surface area contributed by atoms with Gasteiger partial charge in [-0.05, 0) is 19.8 Å². The molecule has 2 rings (SSSR count). The lowest BCUT2D eigenvalue weighted by Crippen LogP contribution is -2.38. The first kappa shape index (κ1) is 22.8. The number of ether oxygens (including phenoxy) is 2. The van der Waals surface area contributed by atoms with Crippen LogP contribution in [0.5, 0.6) is 0 Å². The summed E-state index contributed by atoms with van der Waals surface area (Å²) >= 11 is 0. The molecule has 1 fully saturated rings. The standard InChI is InChI=1S/C17H30N6O2.HI/c1-4-7-18-17(20-11-16-22-21-14(2)23(16)3)19-8-5-9-24-12-15-6-10-25-13-15;/h4,15H,1,5-13H2,2-3H3,(H2,18,19,20);1H. The molecule has 0 aliphatic carbocycles. The van der Waals surface area contributed by atoms with Crippen LogP contribution in [-0.2, 0) is 23.1 Å². The molecule has 2 heterocycles. The first-order valence-corrected chi connectivity index (χ1v) is 8.84. The molecule has 0 saturated carbocycles. The fraction of sp³-hybridized carbons (Fsp3) is 0.706. The molecule has 0 amide bonds. The number of aromatic nitrogens is 3. The summed E-state index contributed by atoms with van der Waals surface area (Å²) in [5.41, 5.74) is 0. The molecule has 2 N–H and O–H groups in total. The Labute approximate surface area is 172 Å². The molecule has 1 unspecified atom stereocenters. The van der Waals surface area contributed by atoms with Gasteiger partial charge in [-0.2, -0.15) is 0 Å². The topological polar surface area (TPSA) is 85.6 Å². The van der Waals surface area contributed by atoms with Crippen LogP contribution in [0.1, 0.15) is 24.5 Å². The molecule has 26 heavy (non-hydrogen) atoms. The summed E-state index contributed by atoms with van der Waals surface area (Å²) in [7, 11) is 1.94. The summed E-state index contributed by atoms with van der Waals surface area (Å²) in [6, 6.07) is 0. The molecule has 148 valence electrons. The number of aliphatic imine (C=N–C) groups is 1. The van der Waals surface area contributed by atoms with Crippen molar-refractivity contribution >= 4 is 29.9 Å². The third kappa shape index (κ3) is 8.00. The second-order valence-corrected chi connectivity index (χ2v) is 6.14. The fourth-order valence-electron chi connectivity index (χ4n) is 2.43. The van der Waals surface area contributed by atoms with Crippen molar-refractivity contribution < 1.29 is 9.47 Å². The fourth-order valence-corrected chi connectivity index (χ4v) is 2.43. The van der Waals surface area contributed by atoms with Crippen molar-refractivity contribution in [2.75, 3.05) is 39.5 Å². The monoisotopic (exact) mass is 478 g/mol. The molecule has 1 aliphatic heterocycles. The molecule has 1 aromatic rings. The van der Waals surface area contributed by atoms with Crippen molar-refractivity contribution in [1.29, 1.82) is 0 Å². The van der Waals surface area contributed by atoms with Crippen molar-refractivity contribution in [2.24, 2.45) is 18.0 Å². The highest BCUT2D eigenvalue weighted by Crippen LogP contribution is 2.12. The van der Waals surface area contributed by atoms with Gasteiger partial charge in [-0.25, -0.2) is 4.99 Å². The van der Waals surface area contributed by atoms with Gasteiger partial charge < -0.3 is 24.7 Å². The third-order valence-corrected chi connectivity index (χ3v) is 4.11. The van der Waals surface area contributed by atoms with Crippen LogP contribution in [-0.4, -0.2) is 60.2 Å². The Morgan fingerprint density at radius 3 is 2.96 bits per heavy atom. The zero-order valence-electron chi connectivity index (χ0n) is 15.7. The summed E-state index contributed by atoms with van der Waals surface area (Å²) in [4.78, 5) is 4.55. The third-order valence-electron chi connectivity index (χ3n) is 4.11. The number of rotatable bonds is 10. The molecule has 0 bridgehead atoms. The van der Waals surface area contributed by atoms with E-state index < -0.39 is 0 Å². The normalized spacial score (nSPS) is 17.0. The van der Waals surface area contributed by atoms with Gasteiger partial charge in [-0.3, -0.25) is 0 Å². The van der Waals surface area contributed by atoms with Crippen molar-refractivity contribution in [1.82, 2.24) is 25.4 Å². The maximum absolute atomic E-state index is 5.71. The highest BCUT2D eigenvalue weighted by Gasteiger charge is 2.15. The van der Waals surface area contributed by atoms with E-state index in [0.29, 0.717) is 19.0 Å². The predicted molar refractivity (Wildman–Crippen MR) is 113 cm³/mol. The average Bonchev–Trinajstić information content (AvgIpc) is 3.24. The number of halogens is 1. The van der Waals surface area contributed by atoms with Gasteiger partial charge in [-0.15, -0.1) is 40.8 Å². The first-order chi connectivity index (χ1) is 12.2. The average molecular weight is 478 g/mol. The molecule has 1 aliphatic rings. The van der Waals surface area contributed by atoms with Crippen LogP contribution in [0.2, 0.25) is 0 Å². The van der Waals surface area contributed by atoms with Crippen LogP contribution in [0.25, 0.3) is 0 Å². The molecular weight excluding hydrogens is 447 g/mol. The van der Waals surface area contributed by atoms with Crippen molar-refractivity contribution in [3.8, 4) is 0 Å². The van der Waals surface area contributed by atoms with Crippen LogP contribution < -0.4 is 10.6 Å². The minimum atomic E-state index is 0. The second-order valence-electron chi connectivity index (χ2n) is 6.14. The molecular formula is C17H31IN6O2. The number of aryl methyl sites for hydroxylation is 1. The largest absolute Gasteiger partial charge is 0.381 e. The van der Waals surface area contributed by atoms with E-state index in [2.05, 4.69) is 32.4 Å². The lowest BCUT2D eigenvalue weighted by atomic mass is 10.1. The molecule has 0 spiro atoms. The highest BCUT2D eigenvalue weighted by molar-refractivity contribution is 14.0. The van der Waals surface area contributed by atoms with Gasteiger partial charge in [0.2, 0.25) is 0 Å². The molecule has 1 saturated heterocycles. The van der Waals surface area contributed by atoms with Gasteiger partial charge in [-0.1, -0.05) is 6.08 Å². The summed E-state index contributed by atoms with van der Waals surface area (Å²) in [5, 5.41) is 14.7. The summed E-state index contributed by atoms with van der Waals surface area (Å²) < 4.78 is 13.0. The number of hydrogen-bond donors (Lipinski definition) is 2. The molecule has 1 aromatic heterocycles. The van der Waals surface area contributed by atoms with E-state index in [-0.39, 0.29) is 24.0 Å². The van der Waals surface area contributed by atoms with Gasteiger partial charge in [0.25, 0.3) is 0 Å². The number of guanidine groups is 1. The Kier molecular flexibility index (Phi) is 11.5. The SMILES string of the molecule is C=CCNC(=NCc1nnc(C)n1C)NCCCOCC1CCOC1.I. The molecule has 8 nitrogen and oxygen atoms in total. The Morgan fingerprint density at radius 1 is 1.46 bits per heavy atom. The minimum Gasteiger partial charge on any atom is -0.381 e. The molecule has 0 aromatic carbocycles. The van der Waals surface area contributed by atoms with Gasteiger partial charge in [0.05, 0.1) is 13.2 Å². The first-order valence-electron chi connectivity index (χ1n) is 8.84. The molecule has 0 radical (unpaired) electrons. The predicted octanol–water partition coefficient (Wildman–Crippen LogP) is 1.41. The summed E-state index contributed by atoms with van der Waals surface area (Å²) in [6.45, 7) is 10.8. The van der Waals surface area contributed by atoms with E-state index >= 15 is 0 Å². The lowest BCUT2D eigenvalue weighted by molar-refractivity contribution is 0.0888. The van der Waals surface area contributed by atoms with E-state index in [1.54, 1.807) is 6.08 Å². The Hall–Kier alpha value is -1.20. The summed E-state index contributed by atoms with van der Waals surface area (Å²) in [6.07, 6.45) is 3.84. The lowest BCUT2D eigenvalue weighted by Gasteiger charge is -2.12. The number of nitrogens with zero attached hydrogens (tertiary/aromatic N) is 4. The van der Waals surface area contributed by atoms with Crippen LogP contribution in [0, 0.1) is 12.8 Å². The molecule has 9 heteroatoms. The highest BCUT2D eigenvalue weighted by atomic mass is 127. The number of nitrogens with one attached hydrogen (secondary N) is 2. The van der Waals surface area contributed by atoms with Crippen LogP contribution in [0.4, 0.5) is 0 Å². The quantitative estimate of drug-likeness (QED) is 0.174. The second kappa shape index (κ2) is 13.0. The molecule has 1 atom stereocenters. The van der Waals surface area contributed by atoms with Crippen LogP contribution in [0.15, 0.2) is 17.6 Å². The van der Waals surface area contributed by atoms with E-state index in [9.17, 15) is 0 Å². The van der Waals surface area contributed by atoms with E-state index in [4.69, 9.17) is 9.47 Å². The smallest absolute Gasteiger partial charge is 0.191 e. The van der Waals surface area contributed by atoms with Crippen molar-refractivity contribution in [3.05, 3.63) is 24.3 Å². The van der Waals surface area contributed by atoms with Gasteiger partial charge in [0, 0.05) is 39.3 Å². The maximum Gasteiger partial charge on any atom is 0.191 e. The van der Waals surface area contributed by atoms with Gasteiger partial charge >= 0.3 is 0 Å². The Balaban J connectivity index is 0.00000338. The summed E-state index contributed by atoms with van der Waals surface area (Å²) in [5.74, 6) is 3.02.